The molecule has 3 aromatic heterocycles. The topological polar surface area (TPSA) is 109 Å². The van der Waals surface area contributed by atoms with Crippen LogP contribution in [0.15, 0.2) is 29.2 Å². The van der Waals surface area contributed by atoms with E-state index in [2.05, 4.69) is 49.0 Å². The van der Waals surface area contributed by atoms with Crippen molar-refractivity contribution in [1.29, 1.82) is 0 Å². The fourth-order valence-electron chi connectivity index (χ4n) is 4.90. The Morgan fingerprint density at radius 1 is 1.30 bits per heavy atom. The number of carbonyl (C=O) groups is 2. The molecule has 2 amide bonds. The van der Waals surface area contributed by atoms with Crippen LogP contribution < -0.4 is 5.32 Å². The number of piperidine rings is 1. The number of thiophene rings is 1. The van der Waals surface area contributed by atoms with Gasteiger partial charge in [-0.2, -0.15) is 16.1 Å². The third-order valence-electron chi connectivity index (χ3n) is 6.93. The molecule has 1 saturated heterocycles. The number of hydrogen-bond acceptors (Lipinski definition) is 8. The summed E-state index contributed by atoms with van der Waals surface area (Å²) >= 11 is 7.63. The Morgan fingerprint density at radius 2 is 2.08 bits per heavy atom. The van der Waals surface area contributed by atoms with Crippen molar-refractivity contribution >= 4 is 34.8 Å². The Morgan fingerprint density at radius 3 is 2.73 bits per heavy atom. The van der Waals surface area contributed by atoms with Gasteiger partial charge in [-0.15, -0.1) is 10.2 Å². The number of nitrogens with zero attached hydrogens (tertiary/aromatic N) is 7. The number of hydrogen-bond donors (Lipinski definition) is 1. The molecule has 198 valence electrons. The highest BCUT2D eigenvalue weighted by atomic mass is 35.5. The van der Waals surface area contributed by atoms with E-state index in [1.165, 1.54) is 11.1 Å². The van der Waals surface area contributed by atoms with Gasteiger partial charge in [0, 0.05) is 38.3 Å². The molecule has 4 heterocycles. The second kappa shape index (κ2) is 12.6. The number of carbonyl (C=O) groups excluding carboxylic acids is 2. The van der Waals surface area contributed by atoms with E-state index >= 15 is 0 Å². The molecule has 1 aliphatic rings. The molecule has 12 heteroatoms. The maximum absolute atomic E-state index is 13.2. The Hall–Kier alpha value is -2.89. The minimum atomic E-state index is -0.116. The maximum atomic E-state index is 13.2. The molecule has 0 radical (unpaired) electrons. The number of tetrazole rings is 1. The molecule has 3 aromatic rings. The van der Waals surface area contributed by atoms with Crippen LogP contribution in [0.2, 0.25) is 5.15 Å². The lowest BCUT2D eigenvalue weighted by Gasteiger charge is -2.40. The van der Waals surface area contributed by atoms with Gasteiger partial charge < -0.3 is 15.1 Å². The highest BCUT2D eigenvalue weighted by Crippen LogP contribution is 2.23. The van der Waals surface area contributed by atoms with Crippen LogP contribution in [0.3, 0.4) is 0 Å². The van der Waals surface area contributed by atoms with Gasteiger partial charge in [0.25, 0.3) is 5.91 Å². The van der Waals surface area contributed by atoms with Crippen LogP contribution in [0.5, 0.6) is 0 Å². The van der Waals surface area contributed by atoms with Gasteiger partial charge in [-0.3, -0.25) is 9.59 Å². The summed E-state index contributed by atoms with van der Waals surface area (Å²) in [5.41, 5.74) is 3.19. The highest BCUT2D eigenvalue weighted by Gasteiger charge is 2.30. The number of halogens is 1. The first-order valence-corrected chi connectivity index (χ1v) is 13.8. The number of pyridine rings is 1. The van der Waals surface area contributed by atoms with Crippen LogP contribution in [-0.2, 0) is 17.9 Å². The van der Waals surface area contributed by atoms with Crippen molar-refractivity contribution in [3.63, 3.8) is 0 Å². The molecule has 37 heavy (non-hydrogen) atoms. The second-order valence-electron chi connectivity index (χ2n) is 9.50. The zero-order valence-corrected chi connectivity index (χ0v) is 23.0. The fourth-order valence-corrected chi connectivity index (χ4v) is 5.86. The Bertz CT molecular complexity index is 1160. The minimum absolute atomic E-state index is 0.000636. The SMILES string of the molecule is Cc1cc(Cl)nc(C)c1C(=O)NCC[C@@H](C)N1CCC(N(Cc2ccsc2)C(=O)Cn2ncnn2)CC1. The van der Waals surface area contributed by atoms with E-state index in [0.717, 1.165) is 43.5 Å². The lowest BCUT2D eigenvalue weighted by Crippen LogP contribution is -2.50. The molecule has 0 aromatic carbocycles. The molecule has 1 atom stereocenters. The first-order chi connectivity index (χ1) is 17.8. The van der Waals surface area contributed by atoms with Gasteiger partial charge in [-0.25, -0.2) is 4.98 Å². The first-order valence-electron chi connectivity index (χ1n) is 12.5. The first kappa shape index (κ1) is 27.2. The van der Waals surface area contributed by atoms with Gasteiger partial charge in [-0.05, 0) is 79.3 Å². The summed E-state index contributed by atoms with van der Waals surface area (Å²) in [6, 6.07) is 4.24. The number of aromatic nitrogens is 5. The average Bonchev–Trinajstić information content (AvgIpc) is 3.56. The van der Waals surface area contributed by atoms with Gasteiger partial charge in [0.1, 0.15) is 11.7 Å². The lowest BCUT2D eigenvalue weighted by atomic mass is 10.00. The zero-order chi connectivity index (χ0) is 26.4. The van der Waals surface area contributed by atoms with Crippen LogP contribution >= 0.6 is 22.9 Å². The number of likely N-dealkylation sites (tertiary alicyclic amines) is 1. The smallest absolute Gasteiger partial charge is 0.253 e. The van der Waals surface area contributed by atoms with Crippen molar-refractivity contribution < 1.29 is 9.59 Å². The molecule has 10 nitrogen and oxygen atoms in total. The standard InChI is InChI=1S/C25H33ClN8O2S/c1-17-12-22(26)30-19(3)24(17)25(36)27-8-4-18(2)32-9-5-21(6-10-32)33(13-20-7-11-37-15-20)23(35)14-34-29-16-28-31-34/h7,11-12,15-16,18,21H,4-6,8-10,13-14H2,1-3H3,(H,27,36)/t18-/m1/s1. The van der Waals surface area contributed by atoms with E-state index in [4.69, 9.17) is 11.6 Å². The quantitative estimate of drug-likeness (QED) is 0.390. The fraction of sp³-hybridized carbons (Fsp3) is 0.520. The Labute approximate surface area is 226 Å². The van der Waals surface area contributed by atoms with E-state index in [0.29, 0.717) is 35.5 Å². The molecule has 1 N–H and O–H groups in total. The lowest BCUT2D eigenvalue weighted by molar-refractivity contribution is -0.136. The monoisotopic (exact) mass is 544 g/mol. The van der Waals surface area contributed by atoms with E-state index < -0.39 is 0 Å². The molecule has 1 fully saturated rings. The molecule has 0 unspecified atom stereocenters. The predicted octanol–water partition coefficient (Wildman–Crippen LogP) is 3.10. The van der Waals surface area contributed by atoms with Crippen molar-refractivity contribution in [2.45, 2.75) is 65.2 Å². The normalized spacial score (nSPS) is 15.5. The van der Waals surface area contributed by atoms with Crippen LogP contribution in [0, 0.1) is 13.8 Å². The summed E-state index contributed by atoms with van der Waals surface area (Å²) in [5.74, 6) is -0.116. The van der Waals surface area contributed by atoms with Gasteiger partial charge >= 0.3 is 0 Å². The molecule has 0 bridgehead atoms. The van der Waals surface area contributed by atoms with Gasteiger partial charge in [0.2, 0.25) is 5.91 Å². The van der Waals surface area contributed by atoms with E-state index in [1.54, 1.807) is 24.3 Å². The molecule has 0 spiro atoms. The number of rotatable bonds is 10. The van der Waals surface area contributed by atoms with Crippen molar-refractivity contribution in [1.82, 2.24) is 40.3 Å². The Balaban J connectivity index is 1.28. The molecule has 1 aliphatic heterocycles. The third-order valence-corrected chi connectivity index (χ3v) is 7.85. The van der Waals surface area contributed by atoms with Crippen molar-refractivity contribution in [3.05, 3.63) is 56.8 Å². The van der Waals surface area contributed by atoms with Crippen molar-refractivity contribution in [3.8, 4) is 0 Å². The third kappa shape index (κ3) is 7.12. The molecular formula is C25H33ClN8O2S. The van der Waals surface area contributed by atoms with Gasteiger partial charge in [0.05, 0.1) is 11.3 Å². The summed E-state index contributed by atoms with van der Waals surface area (Å²) in [6.07, 6.45) is 3.97. The predicted molar refractivity (Wildman–Crippen MR) is 142 cm³/mol. The zero-order valence-electron chi connectivity index (χ0n) is 21.4. The second-order valence-corrected chi connectivity index (χ2v) is 10.7. The largest absolute Gasteiger partial charge is 0.352 e. The van der Waals surface area contributed by atoms with Gasteiger partial charge in [0.15, 0.2) is 6.33 Å². The number of amides is 2. The van der Waals surface area contributed by atoms with Crippen LogP contribution in [0.1, 0.15) is 53.4 Å². The summed E-state index contributed by atoms with van der Waals surface area (Å²) in [5, 5.41) is 19.1. The molecule has 0 aliphatic carbocycles. The summed E-state index contributed by atoms with van der Waals surface area (Å²) in [7, 11) is 0. The van der Waals surface area contributed by atoms with Crippen molar-refractivity contribution in [2.24, 2.45) is 0 Å². The number of aryl methyl sites for hydroxylation is 2. The number of nitrogens with one attached hydrogen (secondary N) is 1. The maximum Gasteiger partial charge on any atom is 0.253 e. The van der Waals surface area contributed by atoms with E-state index in [-0.39, 0.29) is 24.4 Å². The van der Waals surface area contributed by atoms with Gasteiger partial charge in [-0.1, -0.05) is 11.6 Å². The van der Waals surface area contributed by atoms with Crippen LogP contribution in [-0.4, -0.2) is 78.5 Å². The minimum Gasteiger partial charge on any atom is -0.352 e. The summed E-state index contributed by atoms with van der Waals surface area (Å²) in [4.78, 5) is 35.8. The van der Waals surface area contributed by atoms with Crippen molar-refractivity contribution in [2.75, 3.05) is 19.6 Å². The summed E-state index contributed by atoms with van der Waals surface area (Å²) in [6.45, 7) is 8.91. The summed E-state index contributed by atoms with van der Waals surface area (Å²) < 4.78 is 0. The Kier molecular flexibility index (Phi) is 9.23. The van der Waals surface area contributed by atoms with Crippen LogP contribution in [0.4, 0.5) is 0 Å². The van der Waals surface area contributed by atoms with E-state index in [1.807, 2.05) is 17.2 Å². The molecule has 0 saturated carbocycles. The van der Waals surface area contributed by atoms with Crippen LogP contribution in [0.25, 0.3) is 0 Å². The molecule has 4 rings (SSSR count). The molecular weight excluding hydrogens is 512 g/mol. The van der Waals surface area contributed by atoms with E-state index in [9.17, 15) is 9.59 Å². The average molecular weight is 545 g/mol. The highest BCUT2D eigenvalue weighted by molar-refractivity contribution is 7.07.